The molecule has 0 aliphatic heterocycles. The lowest BCUT2D eigenvalue weighted by Crippen LogP contribution is -2.15. The Morgan fingerprint density at radius 1 is 0.853 bits per heavy atom. The Hall–Kier alpha value is -3.53. The highest BCUT2D eigenvalue weighted by molar-refractivity contribution is 6.30. The summed E-state index contributed by atoms with van der Waals surface area (Å²) in [6.07, 6.45) is 4.59. The summed E-state index contributed by atoms with van der Waals surface area (Å²) in [5.74, 6) is -0.0594. The molecule has 4 aromatic rings. The third-order valence-corrected chi connectivity index (χ3v) is 6.96. The van der Waals surface area contributed by atoms with Crippen molar-refractivity contribution in [1.82, 2.24) is 4.98 Å². The molecule has 0 amide bonds. The molecule has 0 spiro atoms. The number of hydrogen-bond acceptors (Lipinski definition) is 4. The number of nitrogens with zero attached hydrogens (tertiary/aromatic N) is 1. The molecule has 1 aromatic heterocycles. The summed E-state index contributed by atoms with van der Waals surface area (Å²) in [6.45, 7) is 5.04. The fourth-order valence-electron chi connectivity index (χ4n) is 4.86. The van der Waals surface area contributed by atoms with Gasteiger partial charge in [-0.3, -0.25) is 9.59 Å². The first-order valence-electron chi connectivity index (χ1n) is 12.2. The van der Waals surface area contributed by atoms with E-state index in [0.29, 0.717) is 40.6 Å². The molecule has 4 heteroatoms. The molecular formula is C30H29NO3. The number of rotatable bonds is 8. The zero-order chi connectivity index (χ0) is 23.7. The van der Waals surface area contributed by atoms with Crippen LogP contribution in [0.25, 0.3) is 21.7 Å². The Labute approximate surface area is 200 Å². The Balaban J connectivity index is 1.48. The van der Waals surface area contributed by atoms with Crippen LogP contribution in [0, 0.1) is 5.92 Å². The molecule has 5 rings (SSSR count). The second kappa shape index (κ2) is 9.38. The second-order valence-corrected chi connectivity index (χ2v) is 9.20. The summed E-state index contributed by atoms with van der Waals surface area (Å²) in [4.78, 5) is 31.5. The SMILES string of the molecule is CCCCC(CC)COc1cccc2ccc(C3C(=O)c4cc5ccccc5cc4C3=O)nc12. The lowest BCUT2D eigenvalue weighted by atomic mass is 9.98. The lowest BCUT2D eigenvalue weighted by Gasteiger charge is -2.17. The van der Waals surface area contributed by atoms with Gasteiger partial charge in [-0.25, -0.2) is 4.98 Å². The van der Waals surface area contributed by atoms with Gasteiger partial charge in [-0.15, -0.1) is 0 Å². The summed E-state index contributed by atoms with van der Waals surface area (Å²) in [6, 6.07) is 21.1. The van der Waals surface area contributed by atoms with Crippen LogP contribution < -0.4 is 4.74 Å². The van der Waals surface area contributed by atoms with Gasteiger partial charge >= 0.3 is 0 Å². The molecule has 1 unspecified atom stereocenters. The van der Waals surface area contributed by atoms with Crippen molar-refractivity contribution in [2.45, 2.75) is 45.4 Å². The van der Waals surface area contributed by atoms with E-state index < -0.39 is 5.92 Å². The van der Waals surface area contributed by atoms with E-state index in [4.69, 9.17) is 9.72 Å². The molecule has 0 bridgehead atoms. The molecule has 4 nitrogen and oxygen atoms in total. The molecule has 0 radical (unpaired) electrons. The van der Waals surface area contributed by atoms with Crippen molar-refractivity contribution in [1.29, 1.82) is 0 Å². The van der Waals surface area contributed by atoms with Gasteiger partial charge in [-0.2, -0.15) is 0 Å². The zero-order valence-electron chi connectivity index (χ0n) is 19.7. The van der Waals surface area contributed by atoms with Crippen LogP contribution >= 0.6 is 0 Å². The monoisotopic (exact) mass is 451 g/mol. The minimum Gasteiger partial charge on any atom is -0.491 e. The summed E-state index contributed by atoms with van der Waals surface area (Å²) in [7, 11) is 0. The second-order valence-electron chi connectivity index (χ2n) is 9.20. The Kier molecular flexibility index (Phi) is 6.14. The standard InChI is InChI=1S/C30H29NO3/c1-3-5-9-19(4-2)18-34-26-13-8-12-20-14-15-25(31-28(20)26)27-29(32)23-16-21-10-6-7-11-22(21)17-24(23)30(27)33/h6-8,10-17,19,27H,3-5,9,18H2,1-2H3. The first-order valence-corrected chi connectivity index (χ1v) is 12.2. The van der Waals surface area contributed by atoms with Crippen LogP contribution in [0.2, 0.25) is 0 Å². The number of para-hydroxylation sites is 1. The number of Topliss-reactive ketones (excluding diaryl/α,β-unsaturated/α-hetero) is 2. The highest BCUT2D eigenvalue weighted by atomic mass is 16.5. The van der Waals surface area contributed by atoms with Crippen molar-refractivity contribution in [3.8, 4) is 5.75 Å². The average molecular weight is 452 g/mol. The number of pyridine rings is 1. The van der Waals surface area contributed by atoms with Crippen molar-refractivity contribution in [2.24, 2.45) is 5.92 Å². The first kappa shape index (κ1) is 22.3. The number of benzene rings is 3. The van der Waals surface area contributed by atoms with E-state index in [1.54, 1.807) is 6.07 Å². The molecule has 1 aliphatic carbocycles. The number of ether oxygens (including phenoxy) is 1. The van der Waals surface area contributed by atoms with Gasteiger partial charge in [0.1, 0.15) is 17.2 Å². The number of aromatic nitrogens is 1. The van der Waals surface area contributed by atoms with Crippen molar-refractivity contribution in [2.75, 3.05) is 6.61 Å². The van der Waals surface area contributed by atoms with Gasteiger partial charge in [0.15, 0.2) is 11.6 Å². The quantitative estimate of drug-likeness (QED) is 0.267. The highest BCUT2D eigenvalue weighted by Crippen LogP contribution is 2.37. The highest BCUT2D eigenvalue weighted by Gasteiger charge is 2.40. The van der Waals surface area contributed by atoms with Crippen molar-refractivity contribution in [3.05, 3.63) is 83.6 Å². The summed E-state index contributed by atoms with van der Waals surface area (Å²) in [5, 5.41) is 2.85. The number of carbonyl (C=O) groups is 2. The van der Waals surface area contributed by atoms with Crippen LogP contribution in [-0.2, 0) is 0 Å². The van der Waals surface area contributed by atoms with E-state index in [9.17, 15) is 9.59 Å². The molecular weight excluding hydrogens is 422 g/mol. The van der Waals surface area contributed by atoms with Crippen LogP contribution in [0.1, 0.15) is 71.9 Å². The predicted molar refractivity (Wildman–Crippen MR) is 136 cm³/mol. The largest absolute Gasteiger partial charge is 0.491 e. The maximum absolute atomic E-state index is 13.3. The van der Waals surface area contributed by atoms with Gasteiger partial charge in [0, 0.05) is 16.5 Å². The van der Waals surface area contributed by atoms with Crippen molar-refractivity contribution >= 4 is 33.2 Å². The van der Waals surface area contributed by atoms with E-state index >= 15 is 0 Å². The van der Waals surface area contributed by atoms with E-state index in [1.165, 1.54) is 12.8 Å². The third-order valence-electron chi connectivity index (χ3n) is 6.96. The number of hydrogen-bond donors (Lipinski definition) is 0. The maximum atomic E-state index is 13.3. The first-order chi connectivity index (χ1) is 16.6. The molecule has 0 saturated carbocycles. The Morgan fingerprint density at radius 2 is 1.53 bits per heavy atom. The van der Waals surface area contributed by atoms with E-state index in [1.807, 2.05) is 60.7 Å². The van der Waals surface area contributed by atoms with E-state index in [-0.39, 0.29) is 11.6 Å². The van der Waals surface area contributed by atoms with Gasteiger partial charge in [0.25, 0.3) is 0 Å². The van der Waals surface area contributed by atoms with Gasteiger partial charge in [0.2, 0.25) is 0 Å². The lowest BCUT2D eigenvalue weighted by molar-refractivity contribution is 0.0888. The van der Waals surface area contributed by atoms with Crippen molar-refractivity contribution in [3.63, 3.8) is 0 Å². The van der Waals surface area contributed by atoms with Gasteiger partial charge in [-0.1, -0.05) is 75.6 Å². The number of carbonyl (C=O) groups excluding carboxylic acids is 2. The van der Waals surface area contributed by atoms with Crippen molar-refractivity contribution < 1.29 is 14.3 Å². The molecule has 0 N–H and O–H groups in total. The van der Waals surface area contributed by atoms with Gasteiger partial charge in [0.05, 0.1) is 12.3 Å². The molecule has 1 aliphatic rings. The Morgan fingerprint density at radius 3 is 2.18 bits per heavy atom. The minimum absolute atomic E-state index is 0.179. The number of fused-ring (bicyclic) bond motifs is 3. The van der Waals surface area contributed by atoms with Crippen LogP contribution in [0.3, 0.4) is 0 Å². The van der Waals surface area contributed by atoms with E-state index in [0.717, 1.165) is 29.0 Å². The smallest absolute Gasteiger partial charge is 0.180 e. The fraction of sp³-hybridized carbons (Fsp3) is 0.300. The number of unbranched alkanes of at least 4 members (excludes halogenated alkanes) is 1. The summed E-state index contributed by atoms with van der Waals surface area (Å²) >= 11 is 0. The third kappa shape index (κ3) is 3.98. The van der Waals surface area contributed by atoms with Crippen LogP contribution in [0.4, 0.5) is 0 Å². The molecule has 34 heavy (non-hydrogen) atoms. The molecule has 1 heterocycles. The van der Waals surface area contributed by atoms with Crippen LogP contribution in [-0.4, -0.2) is 23.2 Å². The molecule has 3 aromatic carbocycles. The van der Waals surface area contributed by atoms with Crippen LogP contribution in [0.15, 0.2) is 66.7 Å². The molecule has 0 fully saturated rings. The summed E-state index contributed by atoms with van der Waals surface area (Å²) in [5.41, 5.74) is 2.16. The molecule has 1 atom stereocenters. The van der Waals surface area contributed by atoms with Crippen LogP contribution in [0.5, 0.6) is 5.75 Å². The molecule has 172 valence electrons. The van der Waals surface area contributed by atoms with E-state index in [2.05, 4.69) is 13.8 Å². The maximum Gasteiger partial charge on any atom is 0.180 e. The van der Waals surface area contributed by atoms with Gasteiger partial charge < -0.3 is 4.74 Å². The normalized spacial score (nSPS) is 14.6. The predicted octanol–water partition coefficient (Wildman–Crippen LogP) is 7.15. The number of ketones is 2. The minimum atomic E-state index is -0.905. The molecule has 0 saturated heterocycles. The topological polar surface area (TPSA) is 56.3 Å². The van der Waals surface area contributed by atoms with Gasteiger partial charge in [-0.05, 0) is 47.4 Å². The summed E-state index contributed by atoms with van der Waals surface area (Å²) < 4.78 is 6.22. The average Bonchev–Trinajstić information content (AvgIpc) is 3.11. The fourth-order valence-corrected chi connectivity index (χ4v) is 4.86. The Bertz CT molecular complexity index is 1340. The zero-order valence-corrected chi connectivity index (χ0v) is 19.7.